The van der Waals surface area contributed by atoms with Crippen molar-refractivity contribution in [3.05, 3.63) is 83.9 Å². The summed E-state index contributed by atoms with van der Waals surface area (Å²) in [4.78, 5) is 18.2. The predicted molar refractivity (Wildman–Crippen MR) is 129 cm³/mol. The van der Waals surface area contributed by atoms with E-state index in [2.05, 4.69) is 5.32 Å². The molecule has 0 saturated carbocycles. The van der Waals surface area contributed by atoms with Crippen molar-refractivity contribution in [3.63, 3.8) is 0 Å². The highest BCUT2D eigenvalue weighted by Crippen LogP contribution is 2.41. The molecular formula is C27H26N2O4. The first-order valence-corrected chi connectivity index (χ1v) is 10.6. The zero-order valence-electron chi connectivity index (χ0n) is 19.1. The van der Waals surface area contributed by atoms with Gasteiger partial charge in [-0.2, -0.15) is 0 Å². The van der Waals surface area contributed by atoms with E-state index >= 15 is 0 Å². The second kappa shape index (κ2) is 9.61. The van der Waals surface area contributed by atoms with Gasteiger partial charge in [-0.15, -0.1) is 0 Å². The third-order valence-electron chi connectivity index (χ3n) is 5.57. The van der Waals surface area contributed by atoms with Crippen LogP contribution in [0.25, 0.3) is 22.2 Å². The monoisotopic (exact) mass is 442 g/mol. The summed E-state index contributed by atoms with van der Waals surface area (Å²) in [7, 11) is 4.70. The standard InChI is InChI=1S/C27H26N2O4/c1-17(18-10-6-5-7-11-18)28-27(30)21-16-23(29-22-13-9-8-12-20(21)22)19-14-24(31-2)26(33-4)25(15-19)32-3/h5-17H,1-4H3,(H,28,30)/t17-/m1/s1. The minimum absolute atomic E-state index is 0.143. The molecule has 0 aliphatic heterocycles. The van der Waals surface area contributed by atoms with Gasteiger partial charge in [-0.25, -0.2) is 4.98 Å². The van der Waals surface area contributed by atoms with Crippen LogP contribution in [0.3, 0.4) is 0 Å². The summed E-state index contributed by atoms with van der Waals surface area (Å²) < 4.78 is 16.4. The Morgan fingerprint density at radius 3 is 2.12 bits per heavy atom. The number of nitrogens with one attached hydrogen (secondary N) is 1. The number of methoxy groups -OCH3 is 3. The Morgan fingerprint density at radius 1 is 0.848 bits per heavy atom. The van der Waals surface area contributed by atoms with Crippen molar-refractivity contribution in [2.75, 3.05) is 21.3 Å². The van der Waals surface area contributed by atoms with E-state index in [-0.39, 0.29) is 11.9 Å². The van der Waals surface area contributed by atoms with E-state index in [0.717, 1.165) is 22.0 Å². The first-order valence-electron chi connectivity index (χ1n) is 10.6. The van der Waals surface area contributed by atoms with Gasteiger partial charge in [-0.05, 0) is 36.8 Å². The summed E-state index contributed by atoms with van der Waals surface area (Å²) in [5.74, 6) is 1.37. The summed E-state index contributed by atoms with van der Waals surface area (Å²) in [6, 6.07) is 22.8. The van der Waals surface area contributed by atoms with Gasteiger partial charge < -0.3 is 19.5 Å². The average Bonchev–Trinajstić information content (AvgIpc) is 2.87. The van der Waals surface area contributed by atoms with E-state index in [0.29, 0.717) is 28.5 Å². The maximum atomic E-state index is 13.4. The molecule has 0 saturated heterocycles. The van der Waals surface area contributed by atoms with Crippen molar-refractivity contribution in [1.29, 1.82) is 0 Å². The van der Waals surface area contributed by atoms with Gasteiger partial charge in [0.05, 0.1) is 44.1 Å². The fourth-order valence-corrected chi connectivity index (χ4v) is 3.84. The molecule has 168 valence electrons. The topological polar surface area (TPSA) is 69.7 Å². The van der Waals surface area contributed by atoms with Crippen molar-refractivity contribution < 1.29 is 19.0 Å². The van der Waals surface area contributed by atoms with Crippen LogP contribution in [0.2, 0.25) is 0 Å². The lowest BCUT2D eigenvalue weighted by Gasteiger charge is -2.17. The smallest absolute Gasteiger partial charge is 0.252 e. The number of aromatic nitrogens is 1. The van der Waals surface area contributed by atoms with Crippen LogP contribution >= 0.6 is 0 Å². The minimum atomic E-state index is -0.168. The summed E-state index contributed by atoms with van der Waals surface area (Å²) >= 11 is 0. The van der Waals surface area contributed by atoms with Crippen LogP contribution in [0.4, 0.5) is 0 Å². The Kier molecular flexibility index (Phi) is 6.45. The van der Waals surface area contributed by atoms with Crippen LogP contribution in [-0.2, 0) is 0 Å². The van der Waals surface area contributed by atoms with Gasteiger partial charge in [0.1, 0.15) is 0 Å². The van der Waals surface area contributed by atoms with Crippen LogP contribution in [0.15, 0.2) is 72.8 Å². The Morgan fingerprint density at radius 2 is 1.48 bits per heavy atom. The Balaban J connectivity index is 1.80. The highest BCUT2D eigenvalue weighted by molar-refractivity contribution is 6.07. The molecule has 1 aromatic heterocycles. The number of ether oxygens (including phenoxy) is 3. The summed E-state index contributed by atoms with van der Waals surface area (Å²) in [6.45, 7) is 1.97. The number of para-hydroxylation sites is 1. The maximum absolute atomic E-state index is 13.4. The van der Waals surface area contributed by atoms with Crippen LogP contribution in [0.5, 0.6) is 17.2 Å². The molecule has 6 nitrogen and oxygen atoms in total. The molecule has 0 radical (unpaired) electrons. The number of hydrogen-bond donors (Lipinski definition) is 1. The molecule has 0 spiro atoms. The van der Waals surface area contributed by atoms with Crippen molar-refractivity contribution in [1.82, 2.24) is 10.3 Å². The van der Waals surface area contributed by atoms with Crippen LogP contribution < -0.4 is 19.5 Å². The van der Waals surface area contributed by atoms with E-state index in [4.69, 9.17) is 19.2 Å². The lowest BCUT2D eigenvalue weighted by molar-refractivity contribution is 0.0941. The number of hydrogen-bond acceptors (Lipinski definition) is 5. The van der Waals surface area contributed by atoms with Crippen LogP contribution in [0, 0.1) is 0 Å². The molecule has 0 bridgehead atoms. The lowest BCUT2D eigenvalue weighted by atomic mass is 10.0. The molecule has 1 heterocycles. The molecule has 0 aliphatic carbocycles. The SMILES string of the molecule is COc1cc(-c2cc(C(=O)N[C@H](C)c3ccccc3)c3ccccc3n2)cc(OC)c1OC. The fourth-order valence-electron chi connectivity index (χ4n) is 3.84. The van der Waals surface area contributed by atoms with Crippen molar-refractivity contribution in [3.8, 4) is 28.5 Å². The number of carbonyl (C=O) groups is 1. The number of benzene rings is 3. The van der Waals surface area contributed by atoms with E-state index < -0.39 is 0 Å². The summed E-state index contributed by atoms with van der Waals surface area (Å²) in [5.41, 5.74) is 3.69. The third-order valence-corrected chi connectivity index (χ3v) is 5.57. The lowest BCUT2D eigenvalue weighted by Crippen LogP contribution is -2.27. The molecule has 1 N–H and O–H groups in total. The van der Waals surface area contributed by atoms with Crippen LogP contribution in [0.1, 0.15) is 28.9 Å². The summed E-state index contributed by atoms with van der Waals surface area (Å²) in [6.07, 6.45) is 0. The van der Waals surface area contributed by atoms with Gasteiger partial charge in [0.2, 0.25) is 5.75 Å². The molecular weight excluding hydrogens is 416 g/mol. The largest absolute Gasteiger partial charge is 0.493 e. The van der Waals surface area contributed by atoms with Crippen molar-refractivity contribution in [2.45, 2.75) is 13.0 Å². The van der Waals surface area contributed by atoms with Gasteiger partial charge in [-0.1, -0.05) is 48.5 Å². The number of fused-ring (bicyclic) bond motifs is 1. The molecule has 0 unspecified atom stereocenters. The molecule has 1 atom stereocenters. The van der Waals surface area contributed by atoms with E-state index in [9.17, 15) is 4.79 Å². The molecule has 0 aliphatic rings. The Bertz CT molecular complexity index is 1260. The molecule has 4 aromatic rings. The van der Waals surface area contributed by atoms with Crippen molar-refractivity contribution >= 4 is 16.8 Å². The zero-order chi connectivity index (χ0) is 23.4. The second-order valence-corrected chi connectivity index (χ2v) is 7.59. The van der Waals surface area contributed by atoms with Gasteiger partial charge in [0, 0.05) is 10.9 Å². The normalized spacial score (nSPS) is 11.6. The number of rotatable bonds is 7. The fraction of sp³-hybridized carbons (Fsp3) is 0.185. The minimum Gasteiger partial charge on any atom is -0.493 e. The number of amides is 1. The second-order valence-electron chi connectivity index (χ2n) is 7.59. The van der Waals surface area contributed by atoms with E-state index in [1.165, 1.54) is 0 Å². The van der Waals surface area contributed by atoms with Gasteiger partial charge in [-0.3, -0.25) is 4.79 Å². The number of nitrogens with zero attached hydrogens (tertiary/aromatic N) is 1. The first-order chi connectivity index (χ1) is 16.0. The summed E-state index contributed by atoms with van der Waals surface area (Å²) in [5, 5.41) is 3.89. The molecule has 3 aromatic carbocycles. The predicted octanol–water partition coefficient (Wildman–Crippen LogP) is 5.42. The maximum Gasteiger partial charge on any atom is 0.252 e. The zero-order valence-corrected chi connectivity index (χ0v) is 19.1. The Hall–Kier alpha value is -4.06. The van der Waals surface area contributed by atoms with E-state index in [1.54, 1.807) is 27.4 Å². The van der Waals surface area contributed by atoms with Crippen LogP contribution in [-0.4, -0.2) is 32.2 Å². The molecule has 4 rings (SSSR count). The van der Waals surface area contributed by atoms with Gasteiger partial charge in [0.15, 0.2) is 11.5 Å². The Labute approximate surface area is 193 Å². The molecule has 1 amide bonds. The molecule has 33 heavy (non-hydrogen) atoms. The van der Waals surface area contributed by atoms with Crippen molar-refractivity contribution in [2.24, 2.45) is 0 Å². The average molecular weight is 443 g/mol. The first kappa shape index (κ1) is 22.1. The number of pyridine rings is 1. The van der Waals surface area contributed by atoms with Gasteiger partial charge in [0.25, 0.3) is 5.91 Å². The number of carbonyl (C=O) groups excluding carboxylic acids is 1. The van der Waals surface area contributed by atoms with Gasteiger partial charge >= 0.3 is 0 Å². The third kappa shape index (κ3) is 4.46. The highest BCUT2D eigenvalue weighted by Gasteiger charge is 2.19. The van der Waals surface area contributed by atoms with E-state index in [1.807, 2.05) is 73.7 Å². The molecule has 6 heteroatoms. The quantitative estimate of drug-likeness (QED) is 0.414. The highest BCUT2D eigenvalue weighted by atomic mass is 16.5. The molecule has 0 fully saturated rings.